The van der Waals surface area contributed by atoms with Crippen molar-refractivity contribution in [3.8, 4) is 11.5 Å². The monoisotopic (exact) mass is 277 g/mol. The number of rotatable bonds is 4. The Labute approximate surface area is 115 Å². The second-order valence-electron chi connectivity index (χ2n) is 4.02. The van der Waals surface area contributed by atoms with Gasteiger partial charge in [0.15, 0.2) is 17.9 Å². The van der Waals surface area contributed by atoms with Crippen LogP contribution >= 0.6 is 0 Å². The lowest BCUT2D eigenvalue weighted by molar-refractivity contribution is 0.0996. The molecule has 0 saturated heterocycles. The summed E-state index contributed by atoms with van der Waals surface area (Å²) in [6.45, 7) is 1.68. The van der Waals surface area contributed by atoms with Crippen molar-refractivity contribution in [1.82, 2.24) is 4.98 Å². The fraction of sp³-hybridized carbons (Fsp3) is 0.231. The number of nitrogen functional groups attached to an aromatic ring is 1. The molecular weight excluding hydrogens is 262 g/mol. The van der Waals surface area contributed by atoms with E-state index in [0.29, 0.717) is 28.6 Å². The Balaban J connectivity index is 2.30. The third kappa shape index (κ3) is 2.51. The van der Waals surface area contributed by atoms with Crippen molar-refractivity contribution in [2.75, 3.05) is 25.3 Å². The number of nitrogens with two attached hydrogens (primary N) is 1. The van der Waals surface area contributed by atoms with E-state index >= 15 is 0 Å². The van der Waals surface area contributed by atoms with E-state index in [9.17, 15) is 4.79 Å². The average Bonchev–Trinajstić information content (AvgIpc) is 2.86. The van der Waals surface area contributed by atoms with E-state index < -0.39 is 5.91 Å². The number of ether oxygens (including phenoxy) is 2. The zero-order chi connectivity index (χ0) is 14.7. The molecule has 7 heteroatoms. The third-order valence-corrected chi connectivity index (χ3v) is 2.76. The molecular formula is C13H15N3O4. The highest BCUT2D eigenvalue weighted by Crippen LogP contribution is 2.35. The molecule has 0 unspecified atom stereocenters. The number of aryl methyl sites for hydroxylation is 1. The van der Waals surface area contributed by atoms with Gasteiger partial charge in [0.25, 0.3) is 5.91 Å². The smallest absolute Gasteiger partial charge is 0.293 e. The normalized spacial score (nSPS) is 10.2. The summed E-state index contributed by atoms with van der Waals surface area (Å²) in [6, 6.07) is 3.15. The number of amides is 1. The fourth-order valence-electron chi connectivity index (χ4n) is 1.70. The van der Waals surface area contributed by atoms with Crippen LogP contribution in [0.2, 0.25) is 0 Å². The van der Waals surface area contributed by atoms with Crippen LogP contribution in [0.25, 0.3) is 0 Å². The zero-order valence-corrected chi connectivity index (χ0v) is 11.4. The predicted molar refractivity (Wildman–Crippen MR) is 73.2 cm³/mol. The Hall–Kier alpha value is -2.70. The molecule has 2 rings (SSSR count). The van der Waals surface area contributed by atoms with Crippen molar-refractivity contribution in [2.24, 2.45) is 0 Å². The standard InChI is InChI=1S/C13H15N3O4/c1-7-12(20-6-15-7)13(17)16-9-5-11(19-3)10(18-2)4-8(9)14/h4-6H,14H2,1-3H3,(H,16,17). The van der Waals surface area contributed by atoms with Crippen molar-refractivity contribution in [3.05, 3.63) is 30.0 Å². The van der Waals surface area contributed by atoms with Gasteiger partial charge in [-0.3, -0.25) is 4.79 Å². The van der Waals surface area contributed by atoms with Gasteiger partial charge in [0.05, 0.1) is 31.3 Å². The van der Waals surface area contributed by atoms with Gasteiger partial charge < -0.3 is 24.9 Å². The first-order valence-corrected chi connectivity index (χ1v) is 5.79. The van der Waals surface area contributed by atoms with Crippen molar-refractivity contribution < 1.29 is 18.7 Å². The molecule has 0 fully saturated rings. The van der Waals surface area contributed by atoms with Crippen molar-refractivity contribution in [2.45, 2.75) is 6.92 Å². The van der Waals surface area contributed by atoms with Crippen LogP contribution in [0.15, 0.2) is 22.9 Å². The van der Waals surface area contributed by atoms with Gasteiger partial charge in [0.2, 0.25) is 5.76 Å². The molecule has 0 aliphatic heterocycles. The fourth-order valence-corrected chi connectivity index (χ4v) is 1.70. The molecule has 1 heterocycles. The molecule has 106 valence electrons. The van der Waals surface area contributed by atoms with Crippen LogP contribution in [0.1, 0.15) is 16.2 Å². The van der Waals surface area contributed by atoms with E-state index in [0.717, 1.165) is 0 Å². The van der Waals surface area contributed by atoms with Gasteiger partial charge in [0.1, 0.15) is 0 Å². The number of methoxy groups -OCH3 is 2. The molecule has 0 aliphatic rings. The van der Waals surface area contributed by atoms with Crippen LogP contribution in [0.4, 0.5) is 11.4 Å². The van der Waals surface area contributed by atoms with E-state index in [1.807, 2.05) is 0 Å². The molecule has 1 amide bonds. The number of nitrogens with zero attached hydrogens (tertiary/aromatic N) is 1. The molecule has 1 aromatic heterocycles. The van der Waals surface area contributed by atoms with Gasteiger partial charge in [0, 0.05) is 12.1 Å². The number of oxazole rings is 1. The number of carbonyl (C=O) groups is 1. The highest BCUT2D eigenvalue weighted by molar-refractivity contribution is 6.04. The third-order valence-electron chi connectivity index (χ3n) is 2.76. The molecule has 1 aromatic carbocycles. The van der Waals surface area contributed by atoms with Gasteiger partial charge in [-0.1, -0.05) is 0 Å². The molecule has 7 nitrogen and oxygen atoms in total. The SMILES string of the molecule is COc1cc(N)c(NC(=O)c2ocnc2C)cc1OC. The summed E-state index contributed by atoms with van der Waals surface area (Å²) in [5, 5.41) is 2.65. The maximum atomic E-state index is 12.0. The van der Waals surface area contributed by atoms with Crippen LogP contribution < -0.4 is 20.5 Å². The Morgan fingerprint density at radius 1 is 1.30 bits per heavy atom. The molecule has 0 spiro atoms. The first kappa shape index (κ1) is 13.7. The number of anilines is 2. The van der Waals surface area contributed by atoms with Gasteiger partial charge in [-0.2, -0.15) is 0 Å². The number of hydrogen-bond acceptors (Lipinski definition) is 6. The molecule has 0 atom stereocenters. The molecule has 3 N–H and O–H groups in total. The van der Waals surface area contributed by atoms with Crippen molar-refractivity contribution >= 4 is 17.3 Å². The summed E-state index contributed by atoms with van der Waals surface area (Å²) in [5.74, 6) is 0.656. The number of hydrogen-bond donors (Lipinski definition) is 2. The molecule has 0 saturated carbocycles. The lowest BCUT2D eigenvalue weighted by Crippen LogP contribution is -2.14. The summed E-state index contributed by atoms with van der Waals surface area (Å²) in [4.78, 5) is 15.9. The number of carbonyl (C=O) groups excluding carboxylic acids is 1. The lowest BCUT2D eigenvalue weighted by Gasteiger charge is -2.12. The Morgan fingerprint density at radius 3 is 2.50 bits per heavy atom. The van der Waals surface area contributed by atoms with Crippen LogP contribution in [0.5, 0.6) is 11.5 Å². The van der Waals surface area contributed by atoms with Crippen LogP contribution in [0.3, 0.4) is 0 Å². The van der Waals surface area contributed by atoms with Crippen LogP contribution in [-0.2, 0) is 0 Å². The Kier molecular flexibility index (Phi) is 3.79. The largest absolute Gasteiger partial charge is 0.493 e. The minimum Gasteiger partial charge on any atom is -0.493 e. The summed E-state index contributed by atoms with van der Waals surface area (Å²) >= 11 is 0. The van der Waals surface area contributed by atoms with Crippen LogP contribution in [0, 0.1) is 6.92 Å². The predicted octanol–water partition coefficient (Wildman–Crippen LogP) is 1.83. The Morgan fingerprint density at radius 2 is 1.95 bits per heavy atom. The summed E-state index contributed by atoms with van der Waals surface area (Å²) < 4.78 is 15.3. The first-order chi connectivity index (χ1) is 9.56. The second kappa shape index (κ2) is 5.52. The van der Waals surface area contributed by atoms with Gasteiger partial charge in [-0.25, -0.2) is 4.98 Å². The zero-order valence-electron chi connectivity index (χ0n) is 11.4. The molecule has 20 heavy (non-hydrogen) atoms. The number of aromatic nitrogens is 1. The van der Waals surface area contributed by atoms with Crippen LogP contribution in [-0.4, -0.2) is 25.1 Å². The summed E-state index contributed by atoms with van der Waals surface area (Å²) in [6.07, 6.45) is 1.21. The van der Waals surface area contributed by atoms with Gasteiger partial charge in [-0.15, -0.1) is 0 Å². The number of nitrogens with one attached hydrogen (secondary N) is 1. The minimum atomic E-state index is -0.432. The molecule has 2 aromatic rings. The van der Waals surface area contributed by atoms with Gasteiger partial charge >= 0.3 is 0 Å². The van der Waals surface area contributed by atoms with E-state index in [4.69, 9.17) is 19.6 Å². The average molecular weight is 277 g/mol. The highest BCUT2D eigenvalue weighted by atomic mass is 16.5. The maximum Gasteiger partial charge on any atom is 0.293 e. The molecule has 0 aliphatic carbocycles. The summed E-state index contributed by atoms with van der Waals surface area (Å²) in [7, 11) is 3.01. The van der Waals surface area contributed by atoms with E-state index in [2.05, 4.69) is 10.3 Å². The quantitative estimate of drug-likeness (QED) is 0.827. The number of benzene rings is 1. The Bertz CT molecular complexity index is 637. The van der Waals surface area contributed by atoms with E-state index in [1.54, 1.807) is 19.1 Å². The maximum absolute atomic E-state index is 12.0. The van der Waals surface area contributed by atoms with Crippen molar-refractivity contribution in [3.63, 3.8) is 0 Å². The molecule has 0 bridgehead atoms. The van der Waals surface area contributed by atoms with E-state index in [-0.39, 0.29) is 5.76 Å². The topological polar surface area (TPSA) is 99.6 Å². The van der Waals surface area contributed by atoms with Crippen molar-refractivity contribution in [1.29, 1.82) is 0 Å². The minimum absolute atomic E-state index is 0.138. The highest BCUT2D eigenvalue weighted by Gasteiger charge is 2.17. The lowest BCUT2D eigenvalue weighted by atomic mass is 10.2. The van der Waals surface area contributed by atoms with E-state index in [1.165, 1.54) is 20.6 Å². The molecule has 0 radical (unpaired) electrons. The van der Waals surface area contributed by atoms with Gasteiger partial charge in [-0.05, 0) is 6.92 Å². The first-order valence-electron chi connectivity index (χ1n) is 5.79. The summed E-state index contributed by atoms with van der Waals surface area (Å²) in [5.41, 5.74) is 7.13. The second-order valence-corrected chi connectivity index (χ2v) is 4.02.